The van der Waals surface area contributed by atoms with E-state index in [9.17, 15) is 9.59 Å². The van der Waals surface area contributed by atoms with E-state index in [1.54, 1.807) is 6.92 Å². The molecule has 1 aromatic carbocycles. The summed E-state index contributed by atoms with van der Waals surface area (Å²) in [4.78, 5) is 24.5. The second-order valence-corrected chi connectivity index (χ2v) is 13.9. The fourth-order valence-electron chi connectivity index (χ4n) is 6.10. The van der Waals surface area contributed by atoms with Crippen LogP contribution in [0.5, 0.6) is 11.5 Å². The zero-order valence-corrected chi connectivity index (χ0v) is 28.2. The topological polar surface area (TPSA) is 82.1 Å². The number of carbonyl (C=O) groups is 2. The zero-order valence-electron chi connectivity index (χ0n) is 28.2. The maximum absolute atomic E-state index is 12.6. The Morgan fingerprint density at radius 1 is 0.833 bits per heavy atom. The summed E-state index contributed by atoms with van der Waals surface area (Å²) in [6.07, 6.45) is 12.6. The molecule has 0 radical (unpaired) electrons. The van der Waals surface area contributed by atoms with E-state index in [-0.39, 0.29) is 25.0 Å². The van der Waals surface area contributed by atoms with Crippen LogP contribution >= 0.6 is 0 Å². The van der Waals surface area contributed by atoms with Crippen molar-refractivity contribution in [2.45, 2.75) is 157 Å². The van der Waals surface area contributed by atoms with E-state index >= 15 is 0 Å². The first-order valence-electron chi connectivity index (χ1n) is 16.6. The van der Waals surface area contributed by atoms with Crippen LogP contribution in [0, 0.1) is 38.5 Å². The van der Waals surface area contributed by atoms with Gasteiger partial charge in [0.2, 0.25) is 0 Å². The molecule has 1 heterocycles. The monoisotopic (exact) mass is 588 g/mol. The molecule has 42 heavy (non-hydrogen) atoms. The summed E-state index contributed by atoms with van der Waals surface area (Å²) >= 11 is 0. The van der Waals surface area contributed by atoms with Gasteiger partial charge in [0.25, 0.3) is 0 Å². The SMILES string of the molecule is Cc1c(C)c2c(c(C)c1OC(=O)CCC(=O)OC(C)CO)CCC(C)(CCCC(C)CCCC(C)CCCC(C)C)O2. The Morgan fingerprint density at radius 3 is 2.00 bits per heavy atom. The largest absolute Gasteiger partial charge is 0.487 e. The Balaban J connectivity index is 1.87. The number of fused-ring (bicyclic) bond motifs is 1. The van der Waals surface area contributed by atoms with Gasteiger partial charge in [-0.3, -0.25) is 9.59 Å². The van der Waals surface area contributed by atoms with Crippen molar-refractivity contribution >= 4 is 11.9 Å². The smallest absolute Gasteiger partial charge is 0.311 e. The lowest BCUT2D eigenvalue weighted by molar-refractivity contribution is -0.152. The summed E-state index contributed by atoms with van der Waals surface area (Å²) in [5.41, 5.74) is 3.77. The zero-order chi connectivity index (χ0) is 31.4. The second-order valence-electron chi connectivity index (χ2n) is 13.9. The molecular formula is C36H60O6. The number of hydrogen-bond acceptors (Lipinski definition) is 6. The van der Waals surface area contributed by atoms with Crippen molar-refractivity contribution in [3.05, 3.63) is 22.3 Å². The van der Waals surface area contributed by atoms with Gasteiger partial charge < -0.3 is 19.3 Å². The van der Waals surface area contributed by atoms with Crippen LogP contribution < -0.4 is 9.47 Å². The van der Waals surface area contributed by atoms with Gasteiger partial charge in [-0.15, -0.1) is 0 Å². The highest BCUT2D eigenvalue weighted by Gasteiger charge is 2.35. The van der Waals surface area contributed by atoms with Crippen LogP contribution in [0.3, 0.4) is 0 Å². The van der Waals surface area contributed by atoms with Crippen molar-refractivity contribution < 1.29 is 28.9 Å². The quantitative estimate of drug-likeness (QED) is 0.136. The molecule has 4 unspecified atom stereocenters. The van der Waals surface area contributed by atoms with E-state index in [2.05, 4.69) is 34.6 Å². The third-order valence-corrected chi connectivity index (χ3v) is 9.18. The minimum Gasteiger partial charge on any atom is -0.487 e. The predicted octanol–water partition coefficient (Wildman–Crippen LogP) is 8.74. The van der Waals surface area contributed by atoms with Gasteiger partial charge in [-0.1, -0.05) is 72.6 Å². The number of carbonyl (C=O) groups excluding carboxylic acids is 2. The van der Waals surface area contributed by atoms with Crippen LogP contribution in [0.2, 0.25) is 0 Å². The summed E-state index contributed by atoms with van der Waals surface area (Å²) in [5, 5.41) is 9.03. The highest BCUT2D eigenvalue weighted by Crippen LogP contribution is 2.45. The van der Waals surface area contributed by atoms with Gasteiger partial charge in [-0.05, 0) is 94.7 Å². The van der Waals surface area contributed by atoms with E-state index in [4.69, 9.17) is 19.3 Å². The number of esters is 2. The summed E-state index contributed by atoms with van der Waals surface area (Å²) in [6.45, 7) is 19.0. The molecule has 0 saturated heterocycles. The third kappa shape index (κ3) is 11.5. The molecule has 1 N–H and O–H groups in total. The van der Waals surface area contributed by atoms with Gasteiger partial charge in [-0.25, -0.2) is 0 Å². The van der Waals surface area contributed by atoms with Crippen molar-refractivity contribution in [3.63, 3.8) is 0 Å². The number of ether oxygens (including phenoxy) is 3. The standard InChI is InChI=1S/C36H60O6/c1-24(2)13-10-14-25(3)15-11-16-26(4)17-12-21-36(9)22-20-31-30(8)34(28(6)29(7)35(31)42-36)41-33(39)19-18-32(38)40-27(5)23-37/h24-27,37H,10-23H2,1-9H3. The van der Waals surface area contributed by atoms with Gasteiger partial charge in [0, 0.05) is 5.56 Å². The molecule has 0 aromatic heterocycles. The van der Waals surface area contributed by atoms with E-state index < -0.39 is 18.0 Å². The van der Waals surface area contributed by atoms with Gasteiger partial charge in [0.05, 0.1) is 19.4 Å². The van der Waals surface area contributed by atoms with Crippen molar-refractivity contribution in [1.82, 2.24) is 0 Å². The van der Waals surface area contributed by atoms with Crippen LogP contribution in [-0.4, -0.2) is 35.4 Å². The Hall–Kier alpha value is -2.08. The van der Waals surface area contributed by atoms with E-state index in [1.807, 2.05) is 20.8 Å². The summed E-state index contributed by atoms with van der Waals surface area (Å²) in [6, 6.07) is 0. The molecule has 240 valence electrons. The van der Waals surface area contributed by atoms with Gasteiger partial charge in [0.1, 0.15) is 23.2 Å². The van der Waals surface area contributed by atoms with Crippen LogP contribution in [0.4, 0.5) is 0 Å². The molecule has 0 amide bonds. The Labute approximate surface area is 256 Å². The van der Waals surface area contributed by atoms with Gasteiger partial charge in [0.15, 0.2) is 0 Å². The van der Waals surface area contributed by atoms with E-state index in [1.165, 1.54) is 51.4 Å². The first-order chi connectivity index (χ1) is 19.8. The molecule has 6 nitrogen and oxygen atoms in total. The highest BCUT2D eigenvalue weighted by molar-refractivity contribution is 5.80. The lowest BCUT2D eigenvalue weighted by Crippen LogP contribution is -2.37. The Kier molecular flexibility index (Phi) is 14.9. The van der Waals surface area contributed by atoms with Crippen LogP contribution in [0.1, 0.15) is 141 Å². The van der Waals surface area contributed by atoms with Crippen molar-refractivity contribution in [3.8, 4) is 11.5 Å². The highest BCUT2D eigenvalue weighted by atomic mass is 16.6. The molecule has 6 heteroatoms. The number of aliphatic hydroxyl groups is 1. The minimum atomic E-state index is -0.585. The predicted molar refractivity (Wildman–Crippen MR) is 170 cm³/mol. The lowest BCUT2D eigenvalue weighted by Gasteiger charge is -2.38. The summed E-state index contributed by atoms with van der Waals surface area (Å²) in [7, 11) is 0. The molecule has 0 aliphatic carbocycles. The molecule has 1 aromatic rings. The Morgan fingerprint density at radius 2 is 1.40 bits per heavy atom. The second kappa shape index (κ2) is 17.3. The molecule has 0 fully saturated rings. The molecule has 2 rings (SSSR count). The van der Waals surface area contributed by atoms with Crippen molar-refractivity contribution in [2.75, 3.05) is 6.61 Å². The molecular weight excluding hydrogens is 528 g/mol. The third-order valence-electron chi connectivity index (χ3n) is 9.18. The molecule has 0 saturated carbocycles. The number of aliphatic hydroxyl groups excluding tert-OH is 1. The number of rotatable bonds is 18. The van der Waals surface area contributed by atoms with Gasteiger partial charge >= 0.3 is 11.9 Å². The number of benzene rings is 1. The van der Waals surface area contributed by atoms with E-state index in [0.29, 0.717) is 5.75 Å². The van der Waals surface area contributed by atoms with E-state index in [0.717, 1.165) is 65.0 Å². The average Bonchev–Trinajstić information content (AvgIpc) is 2.92. The lowest BCUT2D eigenvalue weighted by atomic mass is 9.83. The molecule has 0 spiro atoms. The van der Waals surface area contributed by atoms with Gasteiger partial charge in [-0.2, -0.15) is 0 Å². The number of hydrogen-bond donors (Lipinski definition) is 1. The Bertz CT molecular complexity index is 1010. The van der Waals surface area contributed by atoms with Crippen LogP contribution in [-0.2, 0) is 20.7 Å². The van der Waals surface area contributed by atoms with Crippen molar-refractivity contribution in [2.24, 2.45) is 17.8 Å². The summed E-state index contributed by atoms with van der Waals surface area (Å²) in [5.74, 6) is 2.94. The maximum atomic E-state index is 12.6. The van der Waals surface area contributed by atoms with Crippen LogP contribution in [0.15, 0.2) is 0 Å². The first kappa shape index (κ1) is 36.1. The fourth-order valence-corrected chi connectivity index (χ4v) is 6.10. The first-order valence-corrected chi connectivity index (χ1v) is 16.6. The molecule has 0 bridgehead atoms. The fraction of sp³-hybridized carbons (Fsp3) is 0.778. The average molecular weight is 589 g/mol. The van der Waals surface area contributed by atoms with Crippen LogP contribution in [0.25, 0.3) is 0 Å². The normalized spacial score (nSPS) is 18.6. The maximum Gasteiger partial charge on any atom is 0.311 e. The minimum absolute atomic E-state index is 0.0731. The molecule has 1 aliphatic heterocycles. The molecule has 4 atom stereocenters. The molecule has 1 aliphatic rings. The van der Waals surface area contributed by atoms with Crippen molar-refractivity contribution in [1.29, 1.82) is 0 Å². The summed E-state index contributed by atoms with van der Waals surface area (Å²) < 4.78 is 17.5.